The summed E-state index contributed by atoms with van der Waals surface area (Å²) in [4.78, 5) is 24.3. The van der Waals surface area contributed by atoms with Gasteiger partial charge in [0.15, 0.2) is 0 Å². The molecule has 0 bridgehead atoms. The third-order valence-electron chi connectivity index (χ3n) is 1.98. The number of aliphatic hydroxyl groups is 1. The quantitative estimate of drug-likeness (QED) is 0.755. The molecule has 2 rings (SSSR count). The van der Waals surface area contributed by atoms with Crippen LogP contribution in [0.2, 0.25) is 0 Å². The Kier molecular flexibility index (Phi) is 2.74. The monoisotopic (exact) mass is 223 g/mol. The molecule has 84 valence electrons. The highest BCUT2D eigenvalue weighted by Crippen LogP contribution is 2.16. The Morgan fingerprint density at radius 2 is 2.19 bits per heavy atom. The van der Waals surface area contributed by atoms with Crippen molar-refractivity contribution in [3.63, 3.8) is 0 Å². The van der Waals surface area contributed by atoms with Crippen molar-refractivity contribution in [3.8, 4) is 5.75 Å². The van der Waals surface area contributed by atoms with Gasteiger partial charge in [-0.15, -0.1) is 0 Å². The molecule has 6 heteroatoms. The number of aromatic amines is 1. The summed E-state index contributed by atoms with van der Waals surface area (Å²) >= 11 is 0. The summed E-state index contributed by atoms with van der Waals surface area (Å²) in [6.07, 6.45) is 0. The highest BCUT2D eigenvalue weighted by Gasteiger charge is 2.04. The van der Waals surface area contributed by atoms with Crippen LogP contribution in [0.5, 0.6) is 5.75 Å². The van der Waals surface area contributed by atoms with Crippen LogP contribution in [-0.4, -0.2) is 23.3 Å². The van der Waals surface area contributed by atoms with Gasteiger partial charge in [0, 0.05) is 6.07 Å². The number of fused-ring (bicyclic) bond motifs is 1. The van der Waals surface area contributed by atoms with Crippen molar-refractivity contribution in [2.45, 2.75) is 0 Å². The Morgan fingerprint density at radius 1 is 1.38 bits per heavy atom. The molecule has 2 aromatic rings. The van der Waals surface area contributed by atoms with Crippen LogP contribution in [-0.2, 0) is 0 Å². The van der Waals surface area contributed by atoms with Crippen LogP contribution in [0.3, 0.4) is 0 Å². The van der Waals surface area contributed by atoms with E-state index in [1.807, 2.05) is 4.98 Å². The molecular formula is C10H9NO5. The predicted octanol–water partition coefficient (Wildman–Crippen LogP) is -0.148. The second-order valence-corrected chi connectivity index (χ2v) is 3.07. The van der Waals surface area contributed by atoms with Crippen LogP contribution in [0.1, 0.15) is 0 Å². The van der Waals surface area contributed by atoms with Crippen LogP contribution in [0.4, 0.5) is 0 Å². The molecule has 0 saturated carbocycles. The summed E-state index contributed by atoms with van der Waals surface area (Å²) in [5.74, 6) is -0.382. The average Bonchev–Trinajstić information content (AvgIpc) is 2.25. The predicted molar refractivity (Wildman–Crippen MR) is 55.7 cm³/mol. The molecule has 0 saturated heterocycles. The number of aromatic nitrogens is 1. The van der Waals surface area contributed by atoms with E-state index < -0.39 is 11.3 Å². The Bertz CT molecular complexity index is 612. The largest absolute Gasteiger partial charge is 0.491 e. The summed E-state index contributed by atoms with van der Waals surface area (Å²) in [6, 6.07) is 4.48. The van der Waals surface area contributed by atoms with Gasteiger partial charge in [-0.2, -0.15) is 0 Å². The molecule has 0 amide bonds. The molecule has 1 heterocycles. The van der Waals surface area contributed by atoms with Gasteiger partial charge < -0.3 is 14.3 Å². The van der Waals surface area contributed by atoms with Crippen molar-refractivity contribution in [1.29, 1.82) is 0 Å². The maximum Gasteiger partial charge on any atom is 0.419 e. The van der Waals surface area contributed by atoms with Gasteiger partial charge in [-0.1, -0.05) is 0 Å². The van der Waals surface area contributed by atoms with Gasteiger partial charge in [0.25, 0.3) is 5.56 Å². The number of nitrogens with one attached hydrogen (secondary N) is 1. The molecule has 0 fully saturated rings. The smallest absolute Gasteiger partial charge is 0.419 e. The van der Waals surface area contributed by atoms with Gasteiger partial charge in [0.1, 0.15) is 17.9 Å². The van der Waals surface area contributed by atoms with Crippen LogP contribution in [0.15, 0.2) is 32.2 Å². The minimum atomic E-state index is -0.809. The van der Waals surface area contributed by atoms with Crippen molar-refractivity contribution in [2.75, 3.05) is 13.2 Å². The summed E-state index contributed by atoms with van der Waals surface area (Å²) in [5.41, 5.74) is -0.343. The molecule has 0 spiro atoms. The molecule has 16 heavy (non-hydrogen) atoms. The third kappa shape index (κ3) is 1.96. The van der Waals surface area contributed by atoms with Gasteiger partial charge >= 0.3 is 5.76 Å². The first-order valence-corrected chi connectivity index (χ1v) is 4.61. The molecule has 1 aromatic carbocycles. The number of ether oxygens (including phenoxy) is 1. The first-order chi connectivity index (χ1) is 7.70. The zero-order chi connectivity index (χ0) is 11.5. The minimum Gasteiger partial charge on any atom is -0.491 e. The number of hydrogen-bond acceptors (Lipinski definition) is 5. The summed E-state index contributed by atoms with van der Waals surface area (Å²) in [5, 5.41) is 8.85. The molecule has 0 aliphatic carbocycles. The van der Waals surface area contributed by atoms with Gasteiger partial charge in [-0.25, -0.2) is 4.79 Å². The molecule has 6 nitrogen and oxygen atoms in total. The van der Waals surface area contributed by atoms with E-state index in [1.54, 1.807) is 6.07 Å². The van der Waals surface area contributed by atoms with Gasteiger partial charge in [0.2, 0.25) is 0 Å². The molecule has 0 atom stereocenters. The average molecular weight is 223 g/mol. The summed E-state index contributed by atoms with van der Waals surface area (Å²) < 4.78 is 9.93. The standard InChI is InChI=1S/C10H9NO5/c12-3-4-15-6-1-2-7-8(5-6)16-10(14)11-9(7)13/h1-2,5,12H,3-4H2,(H,11,13,14). The zero-order valence-corrected chi connectivity index (χ0v) is 8.23. The van der Waals surface area contributed by atoms with Gasteiger partial charge in [-0.05, 0) is 12.1 Å². The molecular weight excluding hydrogens is 214 g/mol. The second-order valence-electron chi connectivity index (χ2n) is 3.07. The highest BCUT2D eigenvalue weighted by molar-refractivity contribution is 5.76. The van der Waals surface area contributed by atoms with Crippen molar-refractivity contribution < 1.29 is 14.3 Å². The van der Waals surface area contributed by atoms with E-state index >= 15 is 0 Å². The van der Waals surface area contributed by atoms with Gasteiger partial charge in [0.05, 0.1) is 12.0 Å². The lowest BCUT2D eigenvalue weighted by atomic mass is 10.2. The first-order valence-electron chi connectivity index (χ1n) is 4.61. The SMILES string of the molecule is O=c1[nH]c(=O)c2ccc(OCCO)cc2o1. The maximum absolute atomic E-state index is 11.3. The Labute approximate surface area is 89.1 Å². The van der Waals surface area contributed by atoms with Crippen LogP contribution in [0, 0.1) is 0 Å². The lowest BCUT2D eigenvalue weighted by Gasteiger charge is -2.03. The van der Waals surface area contributed by atoms with E-state index in [0.29, 0.717) is 5.75 Å². The Hall–Kier alpha value is -2.08. The minimum absolute atomic E-state index is 0.114. The van der Waals surface area contributed by atoms with Crippen molar-refractivity contribution in [2.24, 2.45) is 0 Å². The van der Waals surface area contributed by atoms with E-state index in [-0.39, 0.29) is 24.2 Å². The molecule has 1 aromatic heterocycles. The first kappa shape index (κ1) is 10.4. The van der Waals surface area contributed by atoms with Crippen LogP contribution in [0.25, 0.3) is 11.0 Å². The number of hydrogen-bond donors (Lipinski definition) is 2. The summed E-state index contributed by atoms with van der Waals surface area (Å²) in [7, 11) is 0. The van der Waals surface area contributed by atoms with E-state index in [0.717, 1.165) is 0 Å². The van der Waals surface area contributed by atoms with E-state index in [2.05, 4.69) is 0 Å². The van der Waals surface area contributed by atoms with E-state index in [1.165, 1.54) is 12.1 Å². The third-order valence-corrected chi connectivity index (χ3v) is 1.98. The molecule has 0 aliphatic heterocycles. The van der Waals surface area contributed by atoms with E-state index in [4.69, 9.17) is 14.3 Å². The fourth-order valence-corrected chi connectivity index (χ4v) is 1.31. The topological polar surface area (TPSA) is 92.5 Å². The fraction of sp³-hybridized carbons (Fsp3) is 0.200. The number of H-pyrrole nitrogens is 1. The Balaban J connectivity index is 2.53. The molecule has 0 unspecified atom stereocenters. The van der Waals surface area contributed by atoms with Gasteiger partial charge in [-0.3, -0.25) is 9.78 Å². The molecule has 0 radical (unpaired) electrons. The fourth-order valence-electron chi connectivity index (χ4n) is 1.31. The zero-order valence-electron chi connectivity index (χ0n) is 8.23. The lowest BCUT2D eigenvalue weighted by Crippen LogP contribution is -2.17. The number of aliphatic hydroxyl groups excluding tert-OH is 1. The van der Waals surface area contributed by atoms with Crippen molar-refractivity contribution in [1.82, 2.24) is 4.98 Å². The normalized spacial score (nSPS) is 10.6. The summed E-state index contributed by atoms with van der Waals surface area (Å²) in [6.45, 7) is 0.0241. The van der Waals surface area contributed by atoms with Crippen LogP contribution >= 0.6 is 0 Å². The van der Waals surface area contributed by atoms with Crippen molar-refractivity contribution >= 4 is 11.0 Å². The lowest BCUT2D eigenvalue weighted by molar-refractivity contribution is 0.201. The van der Waals surface area contributed by atoms with E-state index in [9.17, 15) is 9.59 Å². The highest BCUT2D eigenvalue weighted by atomic mass is 16.5. The second kappa shape index (κ2) is 4.19. The number of rotatable bonds is 3. The maximum atomic E-state index is 11.3. The Morgan fingerprint density at radius 3 is 2.94 bits per heavy atom. The molecule has 0 aliphatic rings. The molecule has 2 N–H and O–H groups in total. The van der Waals surface area contributed by atoms with Crippen molar-refractivity contribution in [3.05, 3.63) is 39.1 Å². The number of benzene rings is 1. The van der Waals surface area contributed by atoms with Crippen LogP contribution < -0.4 is 16.1 Å².